The first kappa shape index (κ1) is 26.7. The molecule has 34 heavy (non-hydrogen) atoms. The standard InChI is InChI=1S/C19H27N9O6/c1-3-17(25-27-21)32-10-16(29)22-6-4-5-13-8-28(11-23-19(13)30)18-7-14(33-12-24-26-20)15(34-18)9-31-2/h8,14-15,17-18H,3,6-7,9-12H2,1-2H3,(H,22,29)(H,23,30). The summed E-state index contributed by atoms with van der Waals surface area (Å²) in [6.45, 7) is 1.87. The first-order valence-electron chi connectivity index (χ1n) is 10.5. The summed E-state index contributed by atoms with van der Waals surface area (Å²) in [7, 11) is 1.54. The lowest BCUT2D eigenvalue weighted by Gasteiger charge is -2.30. The molecule has 4 atom stereocenters. The van der Waals surface area contributed by atoms with Gasteiger partial charge in [0, 0.05) is 29.6 Å². The van der Waals surface area contributed by atoms with E-state index in [2.05, 4.69) is 42.5 Å². The number of amides is 2. The first-order valence-corrected chi connectivity index (χ1v) is 10.5. The Balaban J connectivity index is 1.91. The molecule has 1 fully saturated rings. The molecule has 2 aliphatic heterocycles. The topological polar surface area (TPSA) is 196 Å². The van der Waals surface area contributed by atoms with Crippen LogP contribution in [0.15, 0.2) is 22.0 Å². The van der Waals surface area contributed by atoms with E-state index in [1.807, 2.05) is 0 Å². The van der Waals surface area contributed by atoms with E-state index in [0.717, 1.165) is 0 Å². The highest BCUT2D eigenvalue weighted by atomic mass is 16.6. The van der Waals surface area contributed by atoms with Crippen molar-refractivity contribution in [2.45, 2.75) is 44.4 Å². The van der Waals surface area contributed by atoms with Gasteiger partial charge in [0.25, 0.3) is 5.91 Å². The van der Waals surface area contributed by atoms with Gasteiger partial charge in [-0.3, -0.25) is 9.59 Å². The SMILES string of the molecule is CCC(N=[N+]=[N-])OCC(=O)NCC#CC1=CN(C2CC(OCN=[N+]=[N-])C(COC)O2)CNC1=O. The van der Waals surface area contributed by atoms with Crippen molar-refractivity contribution in [2.24, 2.45) is 10.2 Å². The molecule has 0 bridgehead atoms. The predicted molar refractivity (Wildman–Crippen MR) is 117 cm³/mol. The van der Waals surface area contributed by atoms with E-state index in [4.69, 9.17) is 30.0 Å². The van der Waals surface area contributed by atoms with Crippen LogP contribution >= 0.6 is 0 Å². The van der Waals surface area contributed by atoms with E-state index in [9.17, 15) is 9.59 Å². The molecule has 15 heteroatoms. The van der Waals surface area contributed by atoms with Gasteiger partial charge in [-0.1, -0.05) is 29.0 Å². The van der Waals surface area contributed by atoms with E-state index < -0.39 is 18.4 Å². The Morgan fingerprint density at radius 3 is 3.00 bits per heavy atom. The fourth-order valence-corrected chi connectivity index (χ4v) is 3.15. The number of hydrogen-bond donors (Lipinski definition) is 2. The maximum atomic E-state index is 12.2. The minimum atomic E-state index is -0.714. The molecule has 15 nitrogen and oxygen atoms in total. The number of carbonyl (C=O) groups is 2. The second-order valence-electron chi connectivity index (χ2n) is 7.06. The second-order valence-corrected chi connectivity index (χ2v) is 7.06. The molecule has 0 saturated carbocycles. The third-order valence-corrected chi connectivity index (χ3v) is 4.79. The summed E-state index contributed by atoms with van der Waals surface area (Å²) in [6, 6.07) is 0. The van der Waals surface area contributed by atoms with Gasteiger partial charge in [-0.15, -0.1) is 0 Å². The second kappa shape index (κ2) is 14.6. The van der Waals surface area contributed by atoms with Crippen LogP contribution in [-0.2, 0) is 28.5 Å². The Hall–Kier alpha value is -3.50. The lowest BCUT2D eigenvalue weighted by atomic mass is 10.1. The van der Waals surface area contributed by atoms with E-state index in [0.29, 0.717) is 19.4 Å². The van der Waals surface area contributed by atoms with E-state index in [1.54, 1.807) is 25.1 Å². The van der Waals surface area contributed by atoms with Crippen LogP contribution in [0.5, 0.6) is 0 Å². The number of nitrogens with zero attached hydrogens (tertiary/aromatic N) is 7. The summed E-state index contributed by atoms with van der Waals surface area (Å²) < 4.78 is 21.9. The highest BCUT2D eigenvalue weighted by Gasteiger charge is 2.39. The number of carbonyl (C=O) groups excluding carboxylic acids is 2. The number of nitrogens with one attached hydrogen (secondary N) is 2. The van der Waals surface area contributed by atoms with Crippen LogP contribution < -0.4 is 10.6 Å². The van der Waals surface area contributed by atoms with Gasteiger partial charge in [0.15, 0.2) is 0 Å². The number of hydrogen-bond acceptors (Lipinski definition) is 9. The smallest absolute Gasteiger partial charge is 0.262 e. The first-order chi connectivity index (χ1) is 16.5. The molecule has 2 heterocycles. The molecule has 0 spiro atoms. The number of ether oxygens (including phenoxy) is 4. The summed E-state index contributed by atoms with van der Waals surface area (Å²) in [6.07, 6.45) is 0.656. The molecule has 0 aromatic carbocycles. The Morgan fingerprint density at radius 2 is 2.29 bits per heavy atom. The highest BCUT2D eigenvalue weighted by molar-refractivity contribution is 5.98. The number of azide groups is 2. The zero-order valence-electron chi connectivity index (χ0n) is 18.9. The molecule has 184 valence electrons. The molecule has 4 unspecified atom stereocenters. The summed E-state index contributed by atoms with van der Waals surface area (Å²) in [5, 5.41) is 12.1. The molecule has 2 amide bonds. The highest BCUT2D eigenvalue weighted by Crippen LogP contribution is 2.27. The van der Waals surface area contributed by atoms with Gasteiger partial charge in [0.05, 0.1) is 25.9 Å². The maximum Gasteiger partial charge on any atom is 0.262 e. The fourth-order valence-electron chi connectivity index (χ4n) is 3.15. The molecule has 2 rings (SSSR count). The van der Waals surface area contributed by atoms with Crippen LogP contribution in [-0.4, -0.2) is 81.6 Å². The minimum Gasteiger partial charge on any atom is -0.382 e. The van der Waals surface area contributed by atoms with Gasteiger partial charge < -0.3 is 34.5 Å². The van der Waals surface area contributed by atoms with Crippen LogP contribution in [0, 0.1) is 11.8 Å². The van der Waals surface area contributed by atoms with Gasteiger partial charge in [0.1, 0.15) is 37.5 Å². The molecule has 2 aliphatic rings. The van der Waals surface area contributed by atoms with Crippen molar-refractivity contribution >= 4 is 11.8 Å². The molecule has 0 radical (unpaired) electrons. The molecule has 0 aromatic heterocycles. The lowest BCUT2D eigenvalue weighted by Crippen LogP contribution is -2.45. The van der Waals surface area contributed by atoms with Crippen molar-refractivity contribution < 1.29 is 28.5 Å². The molecule has 2 N–H and O–H groups in total. The summed E-state index contributed by atoms with van der Waals surface area (Å²) in [5.74, 6) is 4.68. The summed E-state index contributed by atoms with van der Waals surface area (Å²) in [4.78, 5) is 31.1. The Bertz CT molecular complexity index is 904. The summed E-state index contributed by atoms with van der Waals surface area (Å²) in [5.41, 5.74) is 17.0. The van der Waals surface area contributed by atoms with Crippen molar-refractivity contribution in [3.8, 4) is 11.8 Å². The minimum absolute atomic E-state index is 0.00368. The molecule has 0 aliphatic carbocycles. The monoisotopic (exact) mass is 477 g/mol. The van der Waals surface area contributed by atoms with Crippen molar-refractivity contribution in [1.29, 1.82) is 0 Å². The van der Waals surface area contributed by atoms with Gasteiger partial charge >= 0.3 is 0 Å². The molecular formula is C19H27N9O6. The Kier molecular flexibility index (Phi) is 11.5. The van der Waals surface area contributed by atoms with Crippen molar-refractivity contribution in [2.75, 3.05) is 40.3 Å². The average Bonchev–Trinajstić information content (AvgIpc) is 3.23. The molecular weight excluding hydrogens is 450 g/mol. The van der Waals surface area contributed by atoms with Gasteiger partial charge in [-0.2, -0.15) is 0 Å². The van der Waals surface area contributed by atoms with Crippen LogP contribution in [0.4, 0.5) is 0 Å². The zero-order valence-corrected chi connectivity index (χ0v) is 18.9. The quantitative estimate of drug-likeness (QED) is 0.180. The molecule has 1 saturated heterocycles. The van der Waals surface area contributed by atoms with Crippen molar-refractivity contribution in [1.82, 2.24) is 15.5 Å². The lowest BCUT2D eigenvalue weighted by molar-refractivity contribution is -0.127. The number of methoxy groups -OCH3 is 1. The Morgan fingerprint density at radius 1 is 1.47 bits per heavy atom. The Labute approximate surface area is 196 Å². The number of rotatable bonds is 12. The van der Waals surface area contributed by atoms with Crippen LogP contribution in [0.2, 0.25) is 0 Å². The van der Waals surface area contributed by atoms with E-state index >= 15 is 0 Å². The van der Waals surface area contributed by atoms with Gasteiger partial charge in [0.2, 0.25) is 5.91 Å². The van der Waals surface area contributed by atoms with Crippen LogP contribution in [0.25, 0.3) is 20.9 Å². The largest absolute Gasteiger partial charge is 0.382 e. The zero-order chi connectivity index (χ0) is 24.8. The van der Waals surface area contributed by atoms with Crippen LogP contribution in [0.3, 0.4) is 0 Å². The maximum absolute atomic E-state index is 12.2. The summed E-state index contributed by atoms with van der Waals surface area (Å²) >= 11 is 0. The van der Waals surface area contributed by atoms with E-state index in [1.165, 1.54) is 0 Å². The predicted octanol–water partition coefficient (Wildman–Crippen LogP) is 0.857. The van der Waals surface area contributed by atoms with Crippen molar-refractivity contribution in [3.63, 3.8) is 0 Å². The normalized spacial score (nSPS) is 22.3. The molecule has 0 aromatic rings. The fraction of sp³-hybridized carbons (Fsp3) is 0.684. The van der Waals surface area contributed by atoms with Crippen molar-refractivity contribution in [3.05, 3.63) is 32.7 Å². The third kappa shape index (κ3) is 8.45. The van der Waals surface area contributed by atoms with Gasteiger partial charge in [-0.05, 0) is 17.5 Å². The van der Waals surface area contributed by atoms with Gasteiger partial charge in [-0.25, -0.2) is 0 Å². The average molecular weight is 477 g/mol. The third-order valence-electron chi connectivity index (χ3n) is 4.79. The van der Waals surface area contributed by atoms with E-state index in [-0.39, 0.29) is 50.2 Å². The van der Waals surface area contributed by atoms with Crippen LogP contribution in [0.1, 0.15) is 19.8 Å².